The van der Waals surface area contributed by atoms with Crippen molar-refractivity contribution in [3.63, 3.8) is 0 Å². The van der Waals surface area contributed by atoms with Crippen molar-refractivity contribution in [2.45, 2.75) is 38.8 Å². The van der Waals surface area contributed by atoms with E-state index in [9.17, 15) is 9.59 Å². The molecule has 0 unspecified atom stereocenters. The van der Waals surface area contributed by atoms with Crippen LogP contribution in [0.4, 0.5) is 4.79 Å². The van der Waals surface area contributed by atoms with Gasteiger partial charge >= 0.3 is 18.0 Å². The van der Waals surface area contributed by atoms with Gasteiger partial charge in [-0.15, -0.1) is 0 Å². The van der Waals surface area contributed by atoms with Gasteiger partial charge in [0.15, 0.2) is 0 Å². The Balaban J connectivity index is 0.000000568. The molecular formula is C17H27N5O6. The summed E-state index contributed by atoms with van der Waals surface area (Å²) in [6.45, 7) is 7.65. The summed E-state index contributed by atoms with van der Waals surface area (Å²) in [6, 6.07) is 2.20. The number of aliphatic carboxylic acids is 2. The molecule has 0 spiro atoms. The Bertz CT molecular complexity index is 620. The number of amides is 3. The Labute approximate surface area is 163 Å². The molecule has 0 radical (unpaired) electrons. The first-order valence-electron chi connectivity index (χ1n) is 9.10. The number of nitriles is 1. The van der Waals surface area contributed by atoms with Crippen molar-refractivity contribution in [3.05, 3.63) is 0 Å². The predicted molar refractivity (Wildman–Crippen MR) is 97.3 cm³/mol. The summed E-state index contributed by atoms with van der Waals surface area (Å²) in [5.41, 5.74) is 0. The van der Waals surface area contributed by atoms with Crippen LogP contribution >= 0.6 is 0 Å². The smallest absolute Gasteiger partial charge is 0.414 e. The maximum absolute atomic E-state index is 12.1. The second kappa shape index (κ2) is 11.1. The van der Waals surface area contributed by atoms with E-state index in [-0.39, 0.29) is 30.6 Å². The number of nitrogens with one attached hydrogen (secondary N) is 1. The number of carbonyl (C=O) groups is 4. The summed E-state index contributed by atoms with van der Waals surface area (Å²) in [4.78, 5) is 47.6. The van der Waals surface area contributed by atoms with Crippen LogP contribution in [0.25, 0.3) is 0 Å². The number of nitrogens with zero attached hydrogens (tertiary/aromatic N) is 4. The quantitative estimate of drug-likeness (QED) is 0.396. The number of carbonyl (C=O) groups excluding carboxylic acids is 2. The van der Waals surface area contributed by atoms with Gasteiger partial charge in [0.05, 0.1) is 12.6 Å². The summed E-state index contributed by atoms with van der Waals surface area (Å²) in [7, 11) is 0. The monoisotopic (exact) mass is 397 g/mol. The number of rotatable bonds is 6. The Morgan fingerprint density at radius 1 is 1.21 bits per heavy atom. The molecule has 0 aromatic carbocycles. The van der Waals surface area contributed by atoms with Crippen molar-refractivity contribution in [2.75, 3.05) is 39.3 Å². The zero-order valence-electron chi connectivity index (χ0n) is 16.1. The Morgan fingerprint density at radius 3 is 2.36 bits per heavy atom. The normalized spacial score (nSPS) is 18.7. The third-order valence-corrected chi connectivity index (χ3v) is 4.49. The molecule has 2 fully saturated rings. The molecule has 2 rings (SSSR count). The molecule has 3 N–H and O–H groups in total. The molecule has 156 valence electrons. The molecule has 11 nitrogen and oxygen atoms in total. The molecule has 3 amide bonds. The molecule has 0 bridgehead atoms. The second-order valence-electron chi connectivity index (χ2n) is 6.72. The standard InChI is InChI=1S/C15H25N5O2.C2H2O4/c1-12(2)19-9-8-18(15(19)22)7-5-17-11-14(21)20-6-3-4-13(20)10-16;3-1(4)2(5)6/h12-13,17H,3-9,11H2,1-2H3;(H,3,4)(H,5,6)/t13-;/m1./s1. The van der Waals surface area contributed by atoms with Gasteiger partial charge in [0.1, 0.15) is 6.04 Å². The highest BCUT2D eigenvalue weighted by Gasteiger charge is 2.30. The van der Waals surface area contributed by atoms with E-state index in [0.29, 0.717) is 19.6 Å². The number of urea groups is 1. The molecule has 1 atom stereocenters. The van der Waals surface area contributed by atoms with E-state index < -0.39 is 11.9 Å². The van der Waals surface area contributed by atoms with Crippen LogP contribution < -0.4 is 5.32 Å². The van der Waals surface area contributed by atoms with Crippen molar-refractivity contribution in [1.82, 2.24) is 20.0 Å². The number of hydrogen-bond donors (Lipinski definition) is 3. The summed E-state index contributed by atoms with van der Waals surface area (Å²) in [5.74, 6) is -3.68. The number of hydrogen-bond acceptors (Lipinski definition) is 6. The highest BCUT2D eigenvalue weighted by atomic mass is 16.4. The molecule has 0 saturated carbocycles. The van der Waals surface area contributed by atoms with Gasteiger partial charge in [-0.25, -0.2) is 14.4 Å². The van der Waals surface area contributed by atoms with Crippen LogP contribution in [0.2, 0.25) is 0 Å². The molecule has 2 aliphatic rings. The molecule has 0 aromatic rings. The molecule has 2 aliphatic heterocycles. The first-order valence-corrected chi connectivity index (χ1v) is 9.10. The summed E-state index contributed by atoms with van der Waals surface area (Å²) in [5, 5.41) is 26.9. The fourth-order valence-corrected chi connectivity index (χ4v) is 3.00. The number of likely N-dealkylation sites (tertiary alicyclic amines) is 1. The molecule has 28 heavy (non-hydrogen) atoms. The lowest BCUT2D eigenvalue weighted by Gasteiger charge is -2.22. The largest absolute Gasteiger partial charge is 0.473 e. The topological polar surface area (TPSA) is 154 Å². The lowest BCUT2D eigenvalue weighted by atomic mass is 10.2. The molecule has 2 heterocycles. The van der Waals surface area contributed by atoms with E-state index in [1.807, 2.05) is 23.6 Å². The number of carboxylic acids is 2. The van der Waals surface area contributed by atoms with Gasteiger partial charge in [-0.2, -0.15) is 5.26 Å². The third kappa shape index (κ3) is 6.70. The van der Waals surface area contributed by atoms with E-state index >= 15 is 0 Å². The highest BCUT2D eigenvalue weighted by Crippen LogP contribution is 2.16. The SMILES string of the molecule is CC(C)N1CCN(CCNCC(=O)N2CCC[C@@H]2C#N)C1=O.O=C(O)C(=O)O. The van der Waals surface area contributed by atoms with E-state index in [2.05, 4.69) is 11.4 Å². The highest BCUT2D eigenvalue weighted by molar-refractivity contribution is 6.27. The van der Waals surface area contributed by atoms with Crippen LogP contribution in [0.5, 0.6) is 0 Å². The van der Waals surface area contributed by atoms with Crippen molar-refractivity contribution in [3.8, 4) is 6.07 Å². The molecular weight excluding hydrogens is 370 g/mol. The Morgan fingerprint density at radius 2 is 1.86 bits per heavy atom. The summed E-state index contributed by atoms with van der Waals surface area (Å²) >= 11 is 0. The zero-order chi connectivity index (χ0) is 21.3. The van der Waals surface area contributed by atoms with E-state index in [1.165, 1.54) is 0 Å². The van der Waals surface area contributed by atoms with Gasteiger partial charge in [0.2, 0.25) is 5.91 Å². The average Bonchev–Trinajstić information content (AvgIpc) is 3.25. The average molecular weight is 397 g/mol. The minimum absolute atomic E-state index is 0.0272. The third-order valence-electron chi connectivity index (χ3n) is 4.49. The van der Waals surface area contributed by atoms with Crippen LogP contribution in [0.15, 0.2) is 0 Å². The van der Waals surface area contributed by atoms with Gasteiger partial charge in [-0.3, -0.25) is 4.79 Å². The fourth-order valence-electron chi connectivity index (χ4n) is 3.00. The molecule has 2 saturated heterocycles. The van der Waals surface area contributed by atoms with Crippen LogP contribution in [-0.2, 0) is 14.4 Å². The maximum Gasteiger partial charge on any atom is 0.414 e. The number of carboxylic acid groups (broad SMARTS) is 2. The minimum Gasteiger partial charge on any atom is -0.473 e. The zero-order valence-corrected chi connectivity index (χ0v) is 16.1. The van der Waals surface area contributed by atoms with Crippen LogP contribution in [0.3, 0.4) is 0 Å². The van der Waals surface area contributed by atoms with Crippen molar-refractivity contribution in [2.24, 2.45) is 0 Å². The van der Waals surface area contributed by atoms with Crippen LogP contribution in [-0.4, -0.2) is 100 Å². The van der Waals surface area contributed by atoms with E-state index in [4.69, 9.17) is 25.1 Å². The Hall–Kier alpha value is -2.87. The van der Waals surface area contributed by atoms with E-state index in [1.54, 1.807) is 4.90 Å². The maximum atomic E-state index is 12.1. The first kappa shape index (κ1) is 23.2. The summed E-state index contributed by atoms with van der Waals surface area (Å²) < 4.78 is 0. The lowest BCUT2D eigenvalue weighted by molar-refractivity contribution is -0.159. The van der Waals surface area contributed by atoms with Crippen LogP contribution in [0.1, 0.15) is 26.7 Å². The Kier molecular flexibility index (Phi) is 9.17. The van der Waals surface area contributed by atoms with Gasteiger partial charge in [-0.05, 0) is 26.7 Å². The van der Waals surface area contributed by atoms with Crippen LogP contribution in [0, 0.1) is 11.3 Å². The van der Waals surface area contributed by atoms with Crippen molar-refractivity contribution >= 4 is 23.9 Å². The molecule has 0 aliphatic carbocycles. The van der Waals surface area contributed by atoms with Crippen molar-refractivity contribution in [1.29, 1.82) is 5.26 Å². The first-order chi connectivity index (χ1) is 13.2. The van der Waals surface area contributed by atoms with Gasteiger partial charge in [0, 0.05) is 38.8 Å². The van der Waals surface area contributed by atoms with Gasteiger partial charge in [0.25, 0.3) is 0 Å². The predicted octanol–water partition coefficient (Wildman–Crippen LogP) is -0.608. The summed E-state index contributed by atoms with van der Waals surface area (Å²) in [6.07, 6.45) is 1.67. The van der Waals surface area contributed by atoms with Gasteiger partial charge in [-0.1, -0.05) is 0 Å². The molecule has 11 heteroatoms. The lowest BCUT2D eigenvalue weighted by Crippen LogP contribution is -2.43. The second-order valence-corrected chi connectivity index (χ2v) is 6.72. The van der Waals surface area contributed by atoms with Gasteiger partial charge < -0.3 is 30.2 Å². The van der Waals surface area contributed by atoms with Crippen molar-refractivity contribution < 1.29 is 29.4 Å². The minimum atomic E-state index is -1.82. The fraction of sp³-hybridized carbons (Fsp3) is 0.706. The van der Waals surface area contributed by atoms with E-state index in [0.717, 1.165) is 25.9 Å². The molecule has 0 aromatic heterocycles.